The van der Waals surface area contributed by atoms with E-state index in [1.165, 1.54) is 11.3 Å². The molecule has 1 aliphatic heterocycles. The van der Waals surface area contributed by atoms with Gasteiger partial charge in [-0.1, -0.05) is 18.2 Å². The van der Waals surface area contributed by atoms with Crippen molar-refractivity contribution in [3.05, 3.63) is 47.8 Å². The minimum Gasteiger partial charge on any atom is -0.493 e. The van der Waals surface area contributed by atoms with Gasteiger partial charge in [0.1, 0.15) is 5.75 Å². The summed E-state index contributed by atoms with van der Waals surface area (Å²) in [4.78, 5) is 0. The van der Waals surface area contributed by atoms with Gasteiger partial charge in [0.25, 0.3) is 0 Å². The van der Waals surface area contributed by atoms with Gasteiger partial charge in [0.15, 0.2) is 0 Å². The van der Waals surface area contributed by atoms with Crippen LogP contribution in [0.3, 0.4) is 0 Å². The lowest BCUT2D eigenvalue weighted by Gasteiger charge is -2.10. The number of nitrogens with one attached hydrogen (secondary N) is 1. The molecule has 1 unspecified atom stereocenters. The van der Waals surface area contributed by atoms with Crippen molar-refractivity contribution in [2.24, 2.45) is 7.05 Å². The summed E-state index contributed by atoms with van der Waals surface area (Å²) in [6.07, 6.45) is 2.85. The van der Waals surface area contributed by atoms with E-state index in [1.807, 2.05) is 30.1 Å². The second-order valence-electron chi connectivity index (χ2n) is 4.95. The van der Waals surface area contributed by atoms with E-state index in [0.29, 0.717) is 5.92 Å². The fourth-order valence-electron chi connectivity index (χ4n) is 2.54. The predicted molar refractivity (Wildman–Crippen MR) is 74.5 cm³/mol. The molecule has 0 aliphatic carbocycles. The molecule has 0 saturated carbocycles. The highest BCUT2D eigenvalue weighted by atomic mass is 16.5. The molecule has 1 N–H and O–H groups in total. The maximum Gasteiger partial charge on any atom is 0.122 e. The average Bonchev–Trinajstić information content (AvgIpc) is 3.02. The van der Waals surface area contributed by atoms with E-state index in [0.717, 1.165) is 31.9 Å². The molecule has 1 aromatic carbocycles. The summed E-state index contributed by atoms with van der Waals surface area (Å²) >= 11 is 0. The first kappa shape index (κ1) is 12.2. The van der Waals surface area contributed by atoms with E-state index >= 15 is 0 Å². The summed E-state index contributed by atoms with van der Waals surface area (Å²) < 4.78 is 7.61. The topological polar surface area (TPSA) is 39.1 Å². The summed E-state index contributed by atoms with van der Waals surface area (Å²) in [5.74, 6) is 1.52. The molecule has 19 heavy (non-hydrogen) atoms. The summed E-state index contributed by atoms with van der Waals surface area (Å²) in [6.45, 7) is 2.73. The highest BCUT2D eigenvalue weighted by molar-refractivity contribution is 5.39. The first-order chi connectivity index (χ1) is 9.34. The van der Waals surface area contributed by atoms with E-state index in [1.54, 1.807) is 0 Å². The molecule has 0 fully saturated rings. The molecular weight excluding hydrogens is 238 g/mol. The van der Waals surface area contributed by atoms with E-state index in [-0.39, 0.29) is 0 Å². The number of ether oxygens (including phenoxy) is 1. The van der Waals surface area contributed by atoms with Crippen LogP contribution in [0.15, 0.2) is 36.5 Å². The van der Waals surface area contributed by atoms with Crippen LogP contribution in [-0.4, -0.2) is 29.5 Å². The lowest BCUT2D eigenvalue weighted by atomic mass is 10.0. The van der Waals surface area contributed by atoms with Gasteiger partial charge in [0.05, 0.1) is 6.61 Å². The maximum absolute atomic E-state index is 5.68. The van der Waals surface area contributed by atoms with Crippen LogP contribution < -0.4 is 10.1 Å². The van der Waals surface area contributed by atoms with Gasteiger partial charge in [-0.15, -0.1) is 0 Å². The van der Waals surface area contributed by atoms with Crippen LogP contribution >= 0.6 is 0 Å². The van der Waals surface area contributed by atoms with Gasteiger partial charge in [-0.3, -0.25) is 4.68 Å². The molecule has 0 amide bonds. The second-order valence-corrected chi connectivity index (χ2v) is 4.95. The van der Waals surface area contributed by atoms with Crippen LogP contribution in [0.1, 0.15) is 17.2 Å². The van der Waals surface area contributed by atoms with Crippen molar-refractivity contribution in [1.82, 2.24) is 15.1 Å². The number of hydrogen-bond donors (Lipinski definition) is 1. The van der Waals surface area contributed by atoms with Crippen LogP contribution in [0.4, 0.5) is 0 Å². The number of aryl methyl sites for hydroxylation is 1. The number of nitrogens with zero attached hydrogens (tertiary/aromatic N) is 2. The Morgan fingerprint density at radius 1 is 1.37 bits per heavy atom. The summed E-state index contributed by atoms with van der Waals surface area (Å²) in [5.41, 5.74) is 2.59. The SMILES string of the molecule is Cn1nccc1CCNCC1COc2ccccc21. The quantitative estimate of drug-likeness (QED) is 0.829. The van der Waals surface area contributed by atoms with E-state index in [2.05, 4.69) is 28.6 Å². The smallest absolute Gasteiger partial charge is 0.122 e. The Labute approximate surface area is 113 Å². The normalized spacial score (nSPS) is 17.2. The van der Waals surface area contributed by atoms with E-state index in [9.17, 15) is 0 Å². The zero-order valence-electron chi connectivity index (χ0n) is 11.2. The van der Waals surface area contributed by atoms with Gasteiger partial charge in [-0.05, 0) is 12.1 Å². The highest BCUT2D eigenvalue weighted by Gasteiger charge is 2.22. The second kappa shape index (κ2) is 5.45. The largest absolute Gasteiger partial charge is 0.493 e. The van der Waals surface area contributed by atoms with Crippen molar-refractivity contribution in [2.75, 3.05) is 19.7 Å². The zero-order chi connectivity index (χ0) is 13.1. The third-order valence-electron chi connectivity index (χ3n) is 3.67. The molecule has 1 aliphatic rings. The van der Waals surface area contributed by atoms with Gasteiger partial charge in [-0.2, -0.15) is 5.10 Å². The van der Waals surface area contributed by atoms with Gasteiger partial charge in [-0.25, -0.2) is 0 Å². The van der Waals surface area contributed by atoms with Crippen molar-refractivity contribution in [2.45, 2.75) is 12.3 Å². The Kier molecular flexibility index (Phi) is 3.51. The summed E-state index contributed by atoms with van der Waals surface area (Å²) in [6, 6.07) is 10.4. The minimum absolute atomic E-state index is 0.475. The van der Waals surface area contributed by atoms with Crippen LogP contribution in [-0.2, 0) is 13.5 Å². The van der Waals surface area contributed by atoms with E-state index in [4.69, 9.17) is 4.74 Å². The Morgan fingerprint density at radius 2 is 2.26 bits per heavy atom. The molecule has 4 nitrogen and oxygen atoms in total. The Morgan fingerprint density at radius 3 is 3.11 bits per heavy atom. The molecule has 0 radical (unpaired) electrons. The van der Waals surface area contributed by atoms with Crippen LogP contribution in [0.25, 0.3) is 0 Å². The predicted octanol–water partition coefficient (Wildman–Crippen LogP) is 1.73. The molecule has 3 rings (SSSR count). The Balaban J connectivity index is 1.48. The molecule has 2 aromatic rings. The number of fused-ring (bicyclic) bond motifs is 1. The van der Waals surface area contributed by atoms with Crippen molar-refractivity contribution >= 4 is 0 Å². The fourth-order valence-corrected chi connectivity index (χ4v) is 2.54. The zero-order valence-corrected chi connectivity index (χ0v) is 11.2. The monoisotopic (exact) mass is 257 g/mol. The fraction of sp³-hybridized carbons (Fsp3) is 0.400. The minimum atomic E-state index is 0.475. The van der Waals surface area contributed by atoms with Gasteiger partial charge in [0.2, 0.25) is 0 Å². The molecule has 100 valence electrons. The number of hydrogen-bond acceptors (Lipinski definition) is 3. The van der Waals surface area contributed by atoms with Crippen LogP contribution in [0.5, 0.6) is 5.75 Å². The molecule has 1 aromatic heterocycles. The number of aromatic nitrogens is 2. The first-order valence-corrected chi connectivity index (χ1v) is 6.74. The lowest BCUT2D eigenvalue weighted by Crippen LogP contribution is -2.25. The lowest BCUT2D eigenvalue weighted by molar-refractivity contribution is 0.326. The molecular formula is C15H19N3O. The van der Waals surface area contributed by atoms with Gasteiger partial charge in [0, 0.05) is 49.9 Å². The molecule has 1 atom stereocenters. The van der Waals surface area contributed by atoms with Crippen LogP contribution in [0, 0.1) is 0 Å². The molecule has 0 saturated heterocycles. The highest BCUT2D eigenvalue weighted by Crippen LogP contribution is 2.32. The standard InChI is InChI=1S/C15H19N3O/c1-18-13(7-9-17-18)6-8-16-10-12-11-19-15-5-3-2-4-14(12)15/h2-5,7,9,12,16H,6,8,10-11H2,1H3. The summed E-state index contributed by atoms with van der Waals surface area (Å²) in [5, 5.41) is 7.68. The van der Waals surface area contributed by atoms with E-state index < -0.39 is 0 Å². The van der Waals surface area contributed by atoms with Crippen molar-refractivity contribution in [3.8, 4) is 5.75 Å². The number of para-hydroxylation sites is 1. The van der Waals surface area contributed by atoms with Crippen molar-refractivity contribution in [1.29, 1.82) is 0 Å². The van der Waals surface area contributed by atoms with Gasteiger partial charge < -0.3 is 10.1 Å². The Bertz CT molecular complexity index is 550. The first-order valence-electron chi connectivity index (χ1n) is 6.74. The third kappa shape index (κ3) is 2.63. The maximum atomic E-state index is 5.68. The molecule has 2 heterocycles. The summed E-state index contributed by atoms with van der Waals surface area (Å²) in [7, 11) is 1.98. The third-order valence-corrected chi connectivity index (χ3v) is 3.67. The van der Waals surface area contributed by atoms with Crippen LogP contribution in [0.2, 0.25) is 0 Å². The van der Waals surface area contributed by atoms with Crippen molar-refractivity contribution < 1.29 is 4.74 Å². The van der Waals surface area contributed by atoms with Gasteiger partial charge >= 0.3 is 0 Å². The average molecular weight is 257 g/mol. The Hall–Kier alpha value is -1.81. The number of benzene rings is 1. The van der Waals surface area contributed by atoms with Crippen molar-refractivity contribution in [3.63, 3.8) is 0 Å². The molecule has 0 spiro atoms. The number of rotatable bonds is 5. The molecule has 4 heteroatoms. The molecule has 0 bridgehead atoms.